The second-order valence-corrected chi connectivity index (χ2v) is 5.83. The van der Waals surface area contributed by atoms with Crippen molar-refractivity contribution < 1.29 is 0 Å². The zero-order chi connectivity index (χ0) is 13.0. The lowest BCUT2D eigenvalue weighted by Crippen LogP contribution is -2.33. The Kier molecular flexibility index (Phi) is 4.81. The van der Waals surface area contributed by atoms with E-state index in [4.69, 9.17) is 0 Å². The quantitative estimate of drug-likeness (QED) is 0.802. The third-order valence-corrected chi connectivity index (χ3v) is 4.49. The average molecular weight is 249 g/mol. The molecule has 18 heavy (non-hydrogen) atoms. The molecule has 2 N–H and O–H groups in total. The standard InChI is InChI=1S/C15H27N3/c1-11(14-8-6-4-5-7-9-14)16-10-15-12(2)17-18-13(15)3/h11,14,16H,4-10H2,1-3H3,(H,17,18)/t11-/m0/s1. The Bertz CT molecular complexity index is 342. The number of rotatable bonds is 4. The van der Waals surface area contributed by atoms with Crippen LogP contribution >= 0.6 is 0 Å². The highest BCUT2D eigenvalue weighted by molar-refractivity contribution is 5.22. The smallest absolute Gasteiger partial charge is 0.0638 e. The molecule has 0 radical (unpaired) electrons. The molecule has 1 aliphatic rings. The predicted octanol–water partition coefficient (Wildman–Crippen LogP) is 3.48. The molecular formula is C15H27N3. The van der Waals surface area contributed by atoms with Crippen LogP contribution in [-0.4, -0.2) is 16.2 Å². The van der Waals surface area contributed by atoms with Gasteiger partial charge in [-0.05, 0) is 39.5 Å². The van der Waals surface area contributed by atoms with Crippen molar-refractivity contribution in [2.45, 2.75) is 71.9 Å². The number of hydrogen-bond donors (Lipinski definition) is 2. The molecule has 1 atom stereocenters. The molecule has 102 valence electrons. The van der Waals surface area contributed by atoms with Gasteiger partial charge in [-0.15, -0.1) is 0 Å². The number of aryl methyl sites for hydroxylation is 2. The molecule has 1 heterocycles. The van der Waals surface area contributed by atoms with E-state index in [0.717, 1.165) is 18.2 Å². The summed E-state index contributed by atoms with van der Waals surface area (Å²) >= 11 is 0. The van der Waals surface area contributed by atoms with Crippen LogP contribution in [0.5, 0.6) is 0 Å². The minimum absolute atomic E-state index is 0.622. The lowest BCUT2D eigenvalue weighted by Gasteiger charge is -2.23. The molecule has 1 fully saturated rings. The van der Waals surface area contributed by atoms with Gasteiger partial charge in [-0.25, -0.2) is 0 Å². The van der Waals surface area contributed by atoms with Gasteiger partial charge in [0, 0.05) is 23.8 Å². The normalized spacial score (nSPS) is 19.7. The Labute approximate surface area is 111 Å². The first-order valence-corrected chi connectivity index (χ1v) is 7.42. The van der Waals surface area contributed by atoms with Gasteiger partial charge in [-0.3, -0.25) is 5.10 Å². The molecule has 0 unspecified atom stereocenters. The van der Waals surface area contributed by atoms with E-state index in [2.05, 4.69) is 36.3 Å². The van der Waals surface area contributed by atoms with E-state index in [-0.39, 0.29) is 0 Å². The molecular weight excluding hydrogens is 222 g/mol. The van der Waals surface area contributed by atoms with Crippen molar-refractivity contribution in [2.75, 3.05) is 0 Å². The predicted molar refractivity (Wildman–Crippen MR) is 75.6 cm³/mol. The lowest BCUT2D eigenvalue weighted by atomic mass is 9.93. The monoisotopic (exact) mass is 249 g/mol. The Morgan fingerprint density at radius 3 is 2.44 bits per heavy atom. The van der Waals surface area contributed by atoms with E-state index in [1.807, 2.05) is 0 Å². The highest BCUT2D eigenvalue weighted by Gasteiger charge is 2.19. The number of nitrogens with zero attached hydrogens (tertiary/aromatic N) is 1. The molecule has 3 heteroatoms. The fourth-order valence-electron chi connectivity index (χ4n) is 3.08. The molecule has 1 aromatic rings. The van der Waals surface area contributed by atoms with Crippen molar-refractivity contribution in [2.24, 2.45) is 5.92 Å². The van der Waals surface area contributed by atoms with E-state index in [9.17, 15) is 0 Å². The molecule has 1 saturated carbocycles. The van der Waals surface area contributed by atoms with E-state index in [0.29, 0.717) is 6.04 Å². The first-order chi connectivity index (χ1) is 8.68. The number of H-pyrrole nitrogens is 1. The van der Waals surface area contributed by atoms with Crippen molar-refractivity contribution in [1.29, 1.82) is 0 Å². The first-order valence-electron chi connectivity index (χ1n) is 7.42. The number of nitrogens with one attached hydrogen (secondary N) is 2. The van der Waals surface area contributed by atoms with E-state index < -0.39 is 0 Å². The zero-order valence-corrected chi connectivity index (χ0v) is 12.1. The molecule has 1 aliphatic carbocycles. The fraction of sp³-hybridized carbons (Fsp3) is 0.800. The fourth-order valence-corrected chi connectivity index (χ4v) is 3.08. The van der Waals surface area contributed by atoms with Crippen LogP contribution in [0.2, 0.25) is 0 Å². The van der Waals surface area contributed by atoms with Crippen LogP contribution in [-0.2, 0) is 6.54 Å². The molecule has 1 aromatic heterocycles. The van der Waals surface area contributed by atoms with Crippen molar-refractivity contribution in [3.05, 3.63) is 17.0 Å². The van der Waals surface area contributed by atoms with Gasteiger partial charge in [0.25, 0.3) is 0 Å². The first kappa shape index (κ1) is 13.6. The molecule has 0 bridgehead atoms. The summed E-state index contributed by atoms with van der Waals surface area (Å²) in [7, 11) is 0. The highest BCUT2D eigenvalue weighted by Crippen LogP contribution is 2.25. The van der Waals surface area contributed by atoms with Crippen molar-refractivity contribution in [1.82, 2.24) is 15.5 Å². The zero-order valence-electron chi connectivity index (χ0n) is 12.1. The largest absolute Gasteiger partial charge is 0.310 e. The van der Waals surface area contributed by atoms with Gasteiger partial charge in [0.2, 0.25) is 0 Å². The summed E-state index contributed by atoms with van der Waals surface area (Å²) in [6.07, 6.45) is 8.50. The summed E-state index contributed by atoms with van der Waals surface area (Å²) in [5.74, 6) is 0.861. The Balaban J connectivity index is 1.85. The second-order valence-electron chi connectivity index (χ2n) is 5.83. The SMILES string of the molecule is Cc1n[nH]c(C)c1CN[C@@H](C)C1CCCCCC1. The molecule has 0 aliphatic heterocycles. The van der Waals surface area contributed by atoms with Crippen LogP contribution < -0.4 is 5.32 Å². The summed E-state index contributed by atoms with van der Waals surface area (Å²) in [4.78, 5) is 0. The molecule has 0 spiro atoms. The summed E-state index contributed by atoms with van der Waals surface area (Å²) in [6.45, 7) is 7.48. The van der Waals surface area contributed by atoms with Crippen LogP contribution in [0.15, 0.2) is 0 Å². The second kappa shape index (κ2) is 6.37. The summed E-state index contributed by atoms with van der Waals surface area (Å²) < 4.78 is 0. The van der Waals surface area contributed by atoms with Crippen LogP contribution in [0, 0.1) is 19.8 Å². The van der Waals surface area contributed by atoms with Gasteiger partial charge in [0.15, 0.2) is 0 Å². The minimum Gasteiger partial charge on any atom is -0.310 e. The average Bonchev–Trinajstić information content (AvgIpc) is 2.61. The van der Waals surface area contributed by atoms with Crippen LogP contribution in [0.25, 0.3) is 0 Å². The van der Waals surface area contributed by atoms with Gasteiger partial charge in [-0.2, -0.15) is 5.10 Å². The molecule has 0 amide bonds. The Hall–Kier alpha value is -0.830. The van der Waals surface area contributed by atoms with Gasteiger partial charge < -0.3 is 5.32 Å². The molecule has 3 nitrogen and oxygen atoms in total. The Morgan fingerprint density at radius 2 is 1.89 bits per heavy atom. The van der Waals surface area contributed by atoms with Crippen LogP contribution in [0.1, 0.15) is 62.4 Å². The van der Waals surface area contributed by atoms with Gasteiger partial charge >= 0.3 is 0 Å². The highest BCUT2D eigenvalue weighted by atomic mass is 15.1. The van der Waals surface area contributed by atoms with Crippen molar-refractivity contribution in [3.63, 3.8) is 0 Å². The van der Waals surface area contributed by atoms with Crippen molar-refractivity contribution in [3.8, 4) is 0 Å². The number of aromatic nitrogens is 2. The van der Waals surface area contributed by atoms with Gasteiger partial charge in [0.05, 0.1) is 5.69 Å². The lowest BCUT2D eigenvalue weighted by molar-refractivity contribution is 0.336. The molecule has 0 aromatic carbocycles. The van der Waals surface area contributed by atoms with Crippen LogP contribution in [0.4, 0.5) is 0 Å². The van der Waals surface area contributed by atoms with E-state index in [1.165, 1.54) is 49.8 Å². The van der Waals surface area contributed by atoms with E-state index in [1.54, 1.807) is 0 Å². The third kappa shape index (κ3) is 3.35. The molecule has 2 rings (SSSR count). The number of aromatic amines is 1. The summed E-state index contributed by atoms with van der Waals surface area (Å²) in [5, 5.41) is 11.0. The maximum absolute atomic E-state index is 4.26. The van der Waals surface area contributed by atoms with Crippen molar-refractivity contribution >= 4 is 0 Å². The minimum atomic E-state index is 0.622. The van der Waals surface area contributed by atoms with Gasteiger partial charge in [-0.1, -0.05) is 25.7 Å². The summed E-state index contributed by atoms with van der Waals surface area (Å²) in [5.41, 5.74) is 3.68. The third-order valence-electron chi connectivity index (χ3n) is 4.49. The topological polar surface area (TPSA) is 40.7 Å². The summed E-state index contributed by atoms with van der Waals surface area (Å²) in [6, 6.07) is 0.622. The van der Waals surface area contributed by atoms with Gasteiger partial charge in [0.1, 0.15) is 0 Å². The Morgan fingerprint density at radius 1 is 1.22 bits per heavy atom. The van der Waals surface area contributed by atoms with E-state index >= 15 is 0 Å². The number of hydrogen-bond acceptors (Lipinski definition) is 2. The molecule has 0 saturated heterocycles. The van der Waals surface area contributed by atoms with Crippen LogP contribution in [0.3, 0.4) is 0 Å². The maximum Gasteiger partial charge on any atom is 0.0638 e. The maximum atomic E-state index is 4.26.